The van der Waals surface area contributed by atoms with Gasteiger partial charge in [-0.2, -0.15) is 5.26 Å². The van der Waals surface area contributed by atoms with Crippen molar-refractivity contribution in [1.82, 2.24) is 14.9 Å². The first kappa shape index (κ1) is 16.9. The predicted molar refractivity (Wildman–Crippen MR) is 102 cm³/mol. The zero-order valence-electron chi connectivity index (χ0n) is 14.8. The van der Waals surface area contributed by atoms with E-state index in [4.69, 9.17) is 9.97 Å². The van der Waals surface area contributed by atoms with Crippen LogP contribution in [0.5, 0.6) is 0 Å². The molecule has 0 unspecified atom stereocenters. The average Bonchev–Trinajstić information content (AvgIpc) is 2.65. The highest BCUT2D eigenvalue weighted by Crippen LogP contribution is 2.29. The van der Waals surface area contributed by atoms with Crippen molar-refractivity contribution in [2.45, 2.75) is 0 Å². The van der Waals surface area contributed by atoms with Crippen LogP contribution in [-0.2, 0) is 0 Å². The summed E-state index contributed by atoms with van der Waals surface area (Å²) >= 11 is 0. The largest absolute Gasteiger partial charge is 0.357 e. The Hall–Kier alpha value is -2.97. The molecule has 0 saturated carbocycles. The molecule has 0 atom stereocenters. The standard InChI is InChI=1S/C20H21N5/c1-24(2)11-12-25(3)20-19(16-8-6-7-15(13-16)14-21)22-17-9-4-5-10-18(17)23-20/h4-10,13H,11-12H2,1-3H3. The second-order valence-corrected chi connectivity index (χ2v) is 6.30. The lowest BCUT2D eigenvalue weighted by molar-refractivity contribution is 0.416. The molecule has 0 aliphatic carbocycles. The van der Waals surface area contributed by atoms with Crippen molar-refractivity contribution < 1.29 is 0 Å². The van der Waals surface area contributed by atoms with Gasteiger partial charge in [-0.25, -0.2) is 9.97 Å². The van der Waals surface area contributed by atoms with E-state index in [1.807, 2.05) is 49.5 Å². The summed E-state index contributed by atoms with van der Waals surface area (Å²) in [5, 5.41) is 9.20. The van der Waals surface area contributed by atoms with E-state index in [0.29, 0.717) is 5.56 Å². The van der Waals surface area contributed by atoms with E-state index >= 15 is 0 Å². The molecule has 0 aliphatic heterocycles. The van der Waals surface area contributed by atoms with Crippen molar-refractivity contribution in [3.05, 3.63) is 54.1 Å². The van der Waals surface area contributed by atoms with Gasteiger partial charge >= 0.3 is 0 Å². The van der Waals surface area contributed by atoms with Gasteiger partial charge in [0, 0.05) is 25.7 Å². The van der Waals surface area contributed by atoms with Gasteiger partial charge in [0.1, 0.15) is 5.69 Å². The number of para-hydroxylation sites is 2. The molecule has 1 aromatic heterocycles. The van der Waals surface area contributed by atoms with E-state index in [9.17, 15) is 5.26 Å². The Labute approximate surface area is 148 Å². The molecule has 5 nitrogen and oxygen atoms in total. The first-order valence-corrected chi connectivity index (χ1v) is 8.21. The van der Waals surface area contributed by atoms with E-state index in [0.717, 1.165) is 41.2 Å². The van der Waals surface area contributed by atoms with Crippen LogP contribution >= 0.6 is 0 Å². The lowest BCUT2D eigenvalue weighted by Crippen LogP contribution is -2.29. The molecule has 0 bridgehead atoms. The number of aromatic nitrogens is 2. The normalized spacial score (nSPS) is 10.8. The number of benzene rings is 2. The summed E-state index contributed by atoms with van der Waals surface area (Å²) < 4.78 is 0. The van der Waals surface area contributed by atoms with Gasteiger partial charge < -0.3 is 9.80 Å². The predicted octanol–water partition coefficient (Wildman–Crippen LogP) is 3.17. The minimum absolute atomic E-state index is 0.620. The molecule has 0 N–H and O–H groups in total. The molecular weight excluding hydrogens is 310 g/mol. The quantitative estimate of drug-likeness (QED) is 0.719. The van der Waals surface area contributed by atoms with Gasteiger partial charge in [-0.3, -0.25) is 0 Å². The Morgan fingerprint density at radius 1 is 0.920 bits per heavy atom. The van der Waals surface area contributed by atoms with E-state index in [1.165, 1.54) is 0 Å². The van der Waals surface area contributed by atoms with Crippen LogP contribution in [0.25, 0.3) is 22.3 Å². The summed E-state index contributed by atoms with van der Waals surface area (Å²) in [6.07, 6.45) is 0. The zero-order chi connectivity index (χ0) is 17.8. The first-order valence-electron chi connectivity index (χ1n) is 8.21. The van der Waals surface area contributed by atoms with E-state index in [2.05, 4.69) is 30.0 Å². The van der Waals surface area contributed by atoms with Crippen molar-refractivity contribution in [2.75, 3.05) is 39.1 Å². The van der Waals surface area contributed by atoms with Crippen LogP contribution in [0, 0.1) is 11.3 Å². The maximum absolute atomic E-state index is 9.20. The summed E-state index contributed by atoms with van der Waals surface area (Å²) in [5.74, 6) is 0.829. The van der Waals surface area contributed by atoms with Crippen molar-refractivity contribution >= 4 is 16.9 Å². The number of hydrogen-bond donors (Lipinski definition) is 0. The highest BCUT2D eigenvalue weighted by molar-refractivity contribution is 5.83. The summed E-state index contributed by atoms with van der Waals surface area (Å²) in [7, 11) is 6.13. The number of hydrogen-bond acceptors (Lipinski definition) is 5. The smallest absolute Gasteiger partial charge is 0.155 e. The van der Waals surface area contributed by atoms with Crippen LogP contribution < -0.4 is 4.90 Å². The van der Waals surface area contributed by atoms with E-state index < -0.39 is 0 Å². The molecule has 5 heteroatoms. The molecule has 0 amide bonds. The second-order valence-electron chi connectivity index (χ2n) is 6.30. The minimum atomic E-state index is 0.620. The molecule has 3 rings (SSSR count). The lowest BCUT2D eigenvalue weighted by atomic mass is 10.1. The molecule has 0 spiro atoms. The molecule has 0 fully saturated rings. The Kier molecular flexibility index (Phi) is 4.92. The van der Waals surface area contributed by atoms with Gasteiger partial charge in [0.05, 0.1) is 22.7 Å². The molecule has 126 valence electrons. The molecule has 1 heterocycles. The fourth-order valence-electron chi connectivity index (χ4n) is 2.64. The third-order valence-corrected chi connectivity index (χ3v) is 4.06. The van der Waals surface area contributed by atoms with Crippen molar-refractivity contribution in [3.8, 4) is 17.3 Å². The topological polar surface area (TPSA) is 56.1 Å². The SMILES string of the molecule is CN(C)CCN(C)c1nc2ccccc2nc1-c1cccc(C#N)c1. The van der Waals surface area contributed by atoms with Crippen LogP contribution in [0.3, 0.4) is 0 Å². The summed E-state index contributed by atoms with van der Waals surface area (Å²) in [4.78, 5) is 13.9. The summed E-state index contributed by atoms with van der Waals surface area (Å²) in [5.41, 5.74) is 4.05. The highest BCUT2D eigenvalue weighted by Gasteiger charge is 2.15. The first-order chi connectivity index (χ1) is 12.1. The maximum Gasteiger partial charge on any atom is 0.155 e. The Balaban J connectivity index is 2.13. The van der Waals surface area contributed by atoms with Crippen molar-refractivity contribution in [3.63, 3.8) is 0 Å². The van der Waals surface area contributed by atoms with Gasteiger partial charge in [-0.15, -0.1) is 0 Å². The molecular formula is C20H21N5. The third-order valence-electron chi connectivity index (χ3n) is 4.06. The van der Waals surface area contributed by atoms with Crippen molar-refractivity contribution in [1.29, 1.82) is 5.26 Å². The maximum atomic E-state index is 9.20. The molecule has 3 aromatic rings. The van der Waals surface area contributed by atoms with Gasteiger partial charge in [0.15, 0.2) is 5.82 Å². The van der Waals surface area contributed by atoms with Gasteiger partial charge in [-0.1, -0.05) is 24.3 Å². The van der Waals surface area contributed by atoms with Crippen LogP contribution in [0.4, 0.5) is 5.82 Å². The number of anilines is 1. The monoisotopic (exact) mass is 331 g/mol. The van der Waals surface area contributed by atoms with Crippen LogP contribution in [0.1, 0.15) is 5.56 Å². The van der Waals surface area contributed by atoms with Gasteiger partial charge in [0.25, 0.3) is 0 Å². The number of rotatable bonds is 5. The Morgan fingerprint density at radius 2 is 1.64 bits per heavy atom. The molecule has 0 radical (unpaired) electrons. The van der Waals surface area contributed by atoms with Crippen molar-refractivity contribution in [2.24, 2.45) is 0 Å². The zero-order valence-corrected chi connectivity index (χ0v) is 14.8. The molecule has 2 aromatic carbocycles. The fraction of sp³-hybridized carbons (Fsp3) is 0.250. The number of fused-ring (bicyclic) bond motifs is 1. The van der Waals surface area contributed by atoms with E-state index in [-0.39, 0.29) is 0 Å². The van der Waals surface area contributed by atoms with Gasteiger partial charge in [0.2, 0.25) is 0 Å². The summed E-state index contributed by atoms with van der Waals surface area (Å²) in [6.45, 7) is 1.76. The number of likely N-dealkylation sites (N-methyl/N-ethyl adjacent to an activating group) is 2. The molecule has 25 heavy (non-hydrogen) atoms. The summed E-state index contributed by atoms with van der Waals surface area (Å²) in [6, 6.07) is 17.6. The number of nitriles is 1. The number of nitrogens with zero attached hydrogens (tertiary/aromatic N) is 5. The fourth-order valence-corrected chi connectivity index (χ4v) is 2.64. The third kappa shape index (κ3) is 3.76. The Bertz CT molecular complexity index is 927. The Morgan fingerprint density at radius 3 is 2.32 bits per heavy atom. The van der Waals surface area contributed by atoms with Crippen LogP contribution in [0.2, 0.25) is 0 Å². The highest BCUT2D eigenvalue weighted by atomic mass is 15.2. The lowest BCUT2D eigenvalue weighted by Gasteiger charge is -2.23. The minimum Gasteiger partial charge on any atom is -0.357 e. The van der Waals surface area contributed by atoms with Crippen LogP contribution in [0.15, 0.2) is 48.5 Å². The molecule has 0 saturated heterocycles. The molecule has 0 aliphatic rings. The van der Waals surface area contributed by atoms with Gasteiger partial charge in [-0.05, 0) is 38.4 Å². The second kappa shape index (κ2) is 7.29. The average molecular weight is 331 g/mol. The van der Waals surface area contributed by atoms with Crippen LogP contribution in [-0.4, -0.2) is 49.1 Å². The van der Waals surface area contributed by atoms with E-state index in [1.54, 1.807) is 6.07 Å².